The van der Waals surface area contributed by atoms with E-state index < -0.39 is 4.92 Å². The number of nitro benzene ring substituents is 1. The standard InChI is InChI=1S/C8H6N4O3/c9-8-10-7(15-11-8)5-2-1-3-6(4-5)12(13)14/h1-4H,(H2,9,11). The van der Waals surface area contributed by atoms with Gasteiger partial charge in [0.1, 0.15) is 0 Å². The summed E-state index contributed by atoms with van der Waals surface area (Å²) < 4.78 is 4.78. The Morgan fingerprint density at radius 3 is 2.87 bits per heavy atom. The third-order valence-corrected chi connectivity index (χ3v) is 1.75. The smallest absolute Gasteiger partial charge is 0.270 e. The van der Waals surface area contributed by atoms with Gasteiger partial charge in [0.2, 0.25) is 0 Å². The predicted octanol–water partition coefficient (Wildman–Crippen LogP) is 1.23. The monoisotopic (exact) mass is 206 g/mol. The van der Waals surface area contributed by atoms with Crippen LogP contribution >= 0.6 is 0 Å². The van der Waals surface area contributed by atoms with E-state index in [0.717, 1.165) is 0 Å². The molecule has 2 N–H and O–H groups in total. The van der Waals surface area contributed by atoms with Crippen molar-refractivity contribution >= 4 is 11.6 Å². The van der Waals surface area contributed by atoms with Crippen LogP contribution in [0.3, 0.4) is 0 Å². The van der Waals surface area contributed by atoms with Gasteiger partial charge in [0.25, 0.3) is 17.5 Å². The van der Waals surface area contributed by atoms with Crippen LogP contribution in [0.15, 0.2) is 28.8 Å². The number of nitro groups is 1. The predicted molar refractivity (Wildman–Crippen MR) is 50.8 cm³/mol. The SMILES string of the molecule is Nc1noc(-c2cccc([N+](=O)[O-])c2)n1. The van der Waals surface area contributed by atoms with Gasteiger partial charge in [-0.05, 0) is 11.2 Å². The number of anilines is 1. The number of hydrogen-bond acceptors (Lipinski definition) is 6. The number of nitrogens with zero attached hydrogens (tertiary/aromatic N) is 3. The highest BCUT2D eigenvalue weighted by Crippen LogP contribution is 2.22. The van der Waals surface area contributed by atoms with Gasteiger partial charge in [0.05, 0.1) is 4.92 Å². The molecule has 2 aromatic rings. The molecule has 0 saturated heterocycles. The van der Waals surface area contributed by atoms with Gasteiger partial charge in [-0.25, -0.2) is 0 Å². The van der Waals surface area contributed by atoms with Crippen molar-refractivity contribution in [1.29, 1.82) is 0 Å². The summed E-state index contributed by atoms with van der Waals surface area (Å²) in [5, 5.41) is 13.9. The van der Waals surface area contributed by atoms with Crippen molar-refractivity contribution in [1.82, 2.24) is 10.1 Å². The van der Waals surface area contributed by atoms with Crippen LogP contribution in [0.2, 0.25) is 0 Å². The van der Waals surface area contributed by atoms with Crippen LogP contribution in [-0.2, 0) is 0 Å². The number of nitrogen functional groups attached to an aromatic ring is 1. The lowest BCUT2D eigenvalue weighted by Crippen LogP contribution is -1.88. The van der Waals surface area contributed by atoms with Gasteiger partial charge in [-0.1, -0.05) is 6.07 Å². The normalized spacial score (nSPS) is 10.1. The van der Waals surface area contributed by atoms with Crippen molar-refractivity contribution in [2.75, 3.05) is 5.73 Å². The molecule has 7 nitrogen and oxygen atoms in total. The zero-order valence-electron chi connectivity index (χ0n) is 7.45. The summed E-state index contributed by atoms with van der Waals surface area (Å²) >= 11 is 0. The van der Waals surface area contributed by atoms with Crippen LogP contribution in [0, 0.1) is 10.1 Å². The van der Waals surface area contributed by atoms with Crippen molar-refractivity contribution in [2.45, 2.75) is 0 Å². The van der Waals surface area contributed by atoms with Gasteiger partial charge in [0.15, 0.2) is 0 Å². The van der Waals surface area contributed by atoms with E-state index in [0.29, 0.717) is 5.56 Å². The third kappa shape index (κ3) is 1.75. The minimum atomic E-state index is -0.497. The summed E-state index contributed by atoms with van der Waals surface area (Å²) in [7, 11) is 0. The van der Waals surface area contributed by atoms with E-state index >= 15 is 0 Å². The highest BCUT2D eigenvalue weighted by atomic mass is 16.6. The minimum Gasteiger partial charge on any atom is -0.365 e. The number of hydrogen-bond donors (Lipinski definition) is 1. The molecule has 0 bridgehead atoms. The average Bonchev–Trinajstić information content (AvgIpc) is 2.65. The van der Waals surface area contributed by atoms with E-state index in [2.05, 4.69) is 10.1 Å². The molecule has 76 valence electrons. The summed E-state index contributed by atoms with van der Waals surface area (Å²) in [6.07, 6.45) is 0. The quantitative estimate of drug-likeness (QED) is 0.584. The molecule has 0 aliphatic carbocycles. The van der Waals surface area contributed by atoms with Gasteiger partial charge in [-0.3, -0.25) is 10.1 Å². The molecule has 1 heterocycles. The summed E-state index contributed by atoms with van der Waals surface area (Å²) in [5.74, 6) is 0.160. The van der Waals surface area contributed by atoms with E-state index in [-0.39, 0.29) is 17.5 Å². The zero-order chi connectivity index (χ0) is 10.8. The average molecular weight is 206 g/mol. The van der Waals surface area contributed by atoms with Gasteiger partial charge >= 0.3 is 0 Å². The van der Waals surface area contributed by atoms with Gasteiger partial charge in [-0.2, -0.15) is 4.98 Å². The maximum atomic E-state index is 10.5. The summed E-state index contributed by atoms with van der Waals surface area (Å²) in [5.41, 5.74) is 5.69. The lowest BCUT2D eigenvalue weighted by Gasteiger charge is -1.93. The number of aromatic nitrogens is 2. The fraction of sp³-hybridized carbons (Fsp3) is 0. The van der Waals surface area contributed by atoms with Gasteiger partial charge in [-0.15, -0.1) is 0 Å². The number of nitrogens with two attached hydrogens (primary N) is 1. The first-order valence-electron chi connectivity index (χ1n) is 4.01. The number of rotatable bonds is 2. The van der Waals surface area contributed by atoms with Crippen molar-refractivity contribution in [3.05, 3.63) is 34.4 Å². The van der Waals surface area contributed by atoms with Crippen LogP contribution in [0.1, 0.15) is 0 Å². The summed E-state index contributed by atoms with van der Waals surface area (Å²) in [6.45, 7) is 0. The molecule has 1 aromatic carbocycles. The molecule has 0 fully saturated rings. The lowest BCUT2D eigenvalue weighted by molar-refractivity contribution is -0.384. The first kappa shape index (κ1) is 9.13. The molecule has 0 atom stereocenters. The number of non-ortho nitro benzene ring substituents is 1. The molecule has 0 saturated carbocycles. The fourth-order valence-electron chi connectivity index (χ4n) is 1.10. The summed E-state index contributed by atoms with van der Waals surface area (Å²) in [6, 6.07) is 5.88. The molecule has 15 heavy (non-hydrogen) atoms. The van der Waals surface area contributed by atoms with Crippen LogP contribution in [0.25, 0.3) is 11.5 Å². The molecular formula is C8H6N4O3. The second-order valence-corrected chi connectivity index (χ2v) is 2.77. The van der Waals surface area contributed by atoms with Gasteiger partial charge < -0.3 is 10.3 Å². The second kappa shape index (κ2) is 3.37. The Kier molecular flexibility index (Phi) is 2.05. The van der Waals surface area contributed by atoms with Crippen LogP contribution in [0.5, 0.6) is 0 Å². The maximum Gasteiger partial charge on any atom is 0.270 e. The minimum absolute atomic E-state index is 0.00324. The Hall–Kier alpha value is -2.44. The highest BCUT2D eigenvalue weighted by Gasteiger charge is 2.11. The Labute approximate surface area is 83.7 Å². The molecule has 2 rings (SSSR count). The molecule has 7 heteroatoms. The molecule has 0 aliphatic rings. The molecular weight excluding hydrogens is 200 g/mol. The Morgan fingerprint density at radius 2 is 2.27 bits per heavy atom. The number of benzene rings is 1. The molecule has 0 unspecified atom stereocenters. The largest absolute Gasteiger partial charge is 0.365 e. The van der Waals surface area contributed by atoms with E-state index in [9.17, 15) is 10.1 Å². The Bertz CT molecular complexity index is 508. The van der Waals surface area contributed by atoms with Crippen LogP contribution < -0.4 is 5.73 Å². The lowest BCUT2D eigenvalue weighted by atomic mass is 10.2. The second-order valence-electron chi connectivity index (χ2n) is 2.77. The highest BCUT2D eigenvalue weighted by molar-refractivity contribution is 5.58. The summed E-state index contributed by atoms with van der Waals surface area (Å²) in [4.78, 5) is 13.8. The van der Waals surface area contributed by atoms with Crippen LogP contribution in [0.4, 0.5) is 11.6 Å². The van der Waals surface area contributed by atoms with Crippen LogP contribution in [-0.4, -0.2) is 15.1 Å². The van der Waals surface area contributed by atoms with E-state index in [4.69, 9.17) is 10.3 Å². The van der Waals surface area contributed by atoms with E-state index in [1.54, 1.807) is 6.07 Å². The van der Waals surface area contributed by atoms with Crippen molar-refractivity contribution in [3.63, 3.8) is 0 Å². The van der Waals surface area contributed by atoms with Crippen molar-refractivity contribution in [3.8, 4) is 11.5 Å². The maximum absolute atomic E-state index is 10.5. The fourth-order valence-corrected chi connectivity index (χ4v) is 1.10. The first-order chi connectivity index (χ1) is 7.16. The molecule has 0 radical (unpaired) electrons. The van der Waals surface area contributed by atoms with Crippen molar-refractivity contribution < 1.29 is 9.45 Å². The van der Waals surface area contributed by atoms with Gasteiger partial charge in [0, 0.05) is 17.7 Å². The molecule has 0 spiro atoms. The third-order valence-electron chi connectivity index (χ3n) is 1.75. The molecule has 0 aliphatic heterocycles. The first-order valence-corrected chi connectivity index (χ1v) is 4.01. The molecule has 1 aromatic heterocycles. The topological polar surface area (TPSA) is 108 Å². The Balaban J connectivity index is 2.45. The van der Waals surface area contributed by atoms with Crippen molar-refractivity contribution in [2.24, 2.45) is 0 Å². The van der Waals surface area contributed by atoms with E-state index in [1.165, 1.54) is 18.2 Å². The van der Waals surface area contributed by atoms with E-state index in [1.807, 2.05) is 0 Å². The Morgan fingerprint density at radius 1 is 1.47 bits per heavy atom. The zero-order valence-corrected chi connectivity index (χ0v) is 7.45. The molecule has 0 amide bonds.